The molecule has 0 aromatic heterocycles. The van der Waals surface area contributed by atoms with Gasteiger partial charge >= 0.3 is 0 Å². The van der Waals surface area contributed by atoms with Crippen molar-refractivity contribution in [1.29, 1.82) is 0 Å². The Morgan fingerprint density at radius 1 is 0.417 bits per heavy atom. The fraction of sp³-hybridized carbons (Fsp3) is 1.00. The summed E-state index contributed by atoms with van der Waals surface area (Å²) in [6.07, 6.45) is 0. The van der Waals surface area contributed by atoms with E-state index in [-0.39, 0.29) is 20.2 Å². The summed E-state index contributed by atoms with van der Waals surface area (Å²) >= 11 is 34.7. The third-order valence-corrected chi connectivity index (χ3v) is 105. The lowest BCUT2D eigenvalue weighted by Gasteiger charge is -2.86. The maximum Gasteiger partial charge on any atom is 0.179 e. The normalized spacial score (nSPS) is 34.0. The van der Waals surface area contributed by atoms with Gasteiger partial charge in [0.05, 0.1) is 38.8 Å². The molecule has 1 rings (SSSR count). The highest BCUT2D eigenvalue weighted by Gasteiger charge is 3.01. The number of hydrogen-bond donors (Lipinski definition) is 0. The van der Waals surface area contributed by atoms with Crippen molar-refractivity contribution in [3.05, 3.63) is 0 Å². The van der Waals surface area contributed by atoms with Crippen molar-refractivity contribution in [3.63, 3.8) is 0 Å². The van der Waals surface area contributed by atoms with Crippen LogP contribution >= 0.6 is 45.4 Å². The Kier molecular flexibility index (Phi) is 9.10. The second-order valence-corrected chi connectivity index (χ2v) is 67.6. The fourth-order valence-electron chi connectivity index (χ4n) is 6.40. The van der Waals surface area contributed by atoms with E-state index >= 15 is 0 Å². The number of rotatable bonds is 4. The summed E-state index contributed by atoms with van der Waals surface area (Å²) in [6, 6.07) is 0. The van der Waals surface area contributed by atoms with Gasteiger partial charge in [-0.3, -0.25) is 0 Å². The Labute approximate surface area is 251 Å². The van der Waals surface area contributed by atoms with Crippen LogP contribution in [0.15, 0.2) is 0 Å². The van der Waals surface area contributed by atoms with Crippen LogP contribution in [0.3, 0.4) is 0 Å². The van der Waals surface area contributed by atoms with Crippen molar-refractivity contribution < 1.29 is 0 Å². The third-order valence-electron chi connectivity index (χ3n) is 12.8. The van der Waals surface area contributed by atoms with Crippen LogP contribution in [-0.2, 0) is 0 Å². The molecule has 0 spiro atoms. The van der Waals surface area contributed by atoms with Crippen LogP contribution in [0, 0.1) is 0 Å². The van der Waals surface area contributed by atoms with Crippen LogP contribution in [0.5, 0.6) is 0 Å². The van der Waals surface area contributed by atoms with Crippen molar-refractivity contribution in [2.24, 2.45) is 0 Å². The molecular formula is C26H60Cl4Si6. The zero-order valence-corrected chi connectivity index (χ0v) is 36.5. The summed E-state index contributed by atoms with van der Waals surface area (Å²) < 4.78 is -1.00. The summed E-state index contributed by atoms with van der Waals surface area (Å²) in [5, 5.41) is 0.273. The fourth-order valence-corrected chi connectivity index (χ4v) is 139. The zero-order chi connectivity index (χ0) is 30.0. The first kappa shape index (κ1) is 36.5. The van der Waals surface area contributed by atoms with Gasteiger partial charge in [0.25, 0.3) is 0 Å². The van der Waals surface area contributed by atoms with E-state index in [1.165, 1.54) is 0 Å². The quantitative estimate of drug-likeness (QED) is 0.157. The molecule has 1 aliphatic heterocycles. The van der Waals surface area contributed by atoms with Gasteiger partial charge < -0.3 is 0 Å². The summed E-state index contributed by atoms with van der Waals surface area (Å²) in [4.78, 5) is 0. The summed E-state index contributed by atoms with van der Waals surface area (Å²) in [6.45, 7) is 43.2. The van der Waals surface area contributed by atoms with E-state index in [4.69, 9.17) is 45.4 Å². The molecule has 1 aliphatic rings. The minimum absolute atomic E-state index is 0.0609. The Balaban J connectivity index is 4.72. The number of alkyl halides is 2. The Morgan fingerprint density at radius 3 is 0.694 bits per heavy atom. The van der Waals surface area contributed by atoms with Crippen LogP contribution in [0.4, 0.5) is 0 Å². The predicted octanol–water partition coefficient (Wildman–Crippen LogP) is 11.7. The van der Waals surface area contributed by atoms with Gasteiger partial charge in [-0.05, 0) is 20.2 Å². The highest BCUT2D eigenvalue weighted by Crippen LogP contribution is 2.80. The monoisotopic (exact) mass is 680 g/mol. The molecule has 0 aliphatic carbocycles. The van der Waals surface area contributed by atoms with Gasteiger partial charge in [0, 0.05) is 0 Å². The minimum Gasteiger partial charge on any atom is -0.168 e. The van der Waals surface area contributed by atoms with Gasteiger partial charge in [-0.15, -0.1) is 23.2 Å². The van der Waals surface area contributed by atoms with Crippen molar-refractivity contribution in [1.82, 2.24) is 0 Å². The van der Waals surface area contributed by atoms with E-state index in [0.29, 0.717) is 0 Å². The summed E-state index contributed by atoms with van der Waals surface area (Å²) in [5.74, 6) is 0. The topological polar surface area (TPSA) is 0 Å². The first-order valence-corrected chi connectivity index (χ1v) is 34.5. The molecule has 0 amide bonds. The molecule has 0 N–H and O–H groups in total. The summed E-state index contributed by atoms with van der Waals surface area (Å²) in [5.41, 5.74) is 0. The lowest BCUT2D eigenvalue weighted by atomic mass is 10.2. The highest BCUT2D eigenvalue weighted by atomic mass is 35.6. The lowest BCUT2D eigenvalue weighted by Crippen LogP contribution is -3.13. The van der Waals surface area contributed by atoms with Crippen LogP contribution in [0.25, 0.3) is 0 Å². The van der Waals surface area contributed by atoms with Gasteiger partial charge in [0.1, 0.15) is 0 Å². The van der Waals surface area contributed by atoms with E-state index in [1.54, 1.807) is 0 Å². The molecule has 36 heavy (non-hydrogen) atoms. The standard InChI is InChI=1S/C26H60Cl4Si6/c1-21(2,3)31(13,14)25(27)35(29,33(17,18)23(7,8)9)26(28,32(15,16)22(4,5)6)36(25,30)34(19,20)24(10,11)12/h1-20H3. The molecule has 10 heteroatoms. The third kappa shape index (κ3) is 3.76. The molecule has 1 heterocycles. The van der Waals surface area contributed by atoms with Gasteiger partial charge in [-0.25, -0.2) is 0 Å². The van der Waals surface area contributed by atoms with Crippen LogP contribution in [0.2, 0.25) is 72.5 Å². The molecule has 0 radical (unpaired) electrons. The highest BCUT2D eigenvalue weighted by molar-refractivity contribution is 7.90. The van der Waals surface area contributed by atoms with Crippen molar-refractivity contribution in [2.45, 2.75) is 163 Å². The molecule has 0 aromatic rings. The second-order valence-electron chi connectivity index (χ2n) is 18.1. The van der Waals surface area contributed by atoms with Crippen molar-refractivity contribution in [2.75, 3.05) is 0 Å². The average Bonchev–Trinajstić information content (AvgIpc) is 2.60. The molecule has 0 aromatic carbocycles. The second kappa shape index (κ2) is 8.98. The van der Waals surface area contributed by atoms with Gasteiger partial charge in [0.15, 0.2) is 13.8 Å². The van der Waals surface area contributed by atoms with E-state index in [1.807, 2.05) is 0 Å². The molecule has 0 unspecified atom stereocenters. The van der Waals surface area contributed by atoms with Crippen molar-refractivity contribution in [3.8, 4) is 0 Å². The van der Waals surface area contributed by atoms with Crippen molar-refractivity contribution >= 4 is 90.5 Å². The molecule has 216 valence electrons. The van der Waals surface area contributed by atoms with Gasteiger partial charge in [-0.1, -0.05) is 135 Å². The molecule has 0 atom stereocenters. The van der Waals surface area contributed by atoms with E-state index in [2.05, 4.69) is 135 Å². The van der Waals surface area contributed by atoms with E-state index < -0.39 is 52.6 Å². The molecule has 0 saturated carbocycles. The molecule has 1 fully saturated rings. The SMILES string of the molecule is CC(C)(C)[Si](C)(C)C1(Cl)[Si](Cl)([Si](C)(C)C(C)(C)C)C(Cl)([Si](C)(C)C(C)(C)C)[Si]1(Cl)[Si](C)(C)C(C)(C)C. The van der Waals surface area contributed by atoms with Crippen LogP contribution in [-0.4, -0.2) is 52.6 Å². The number of halogens is 4. The Hall–Kier alpha value is 2.46. The lowest BCUT2D eigenvalue weighted by molar-refractivity contribution is 0.692. The van der Waals surface area contributed by atoms with E-state index in [0.717, 1.165) is 0 Å². The predicted molar refractivity (Wildman–Crippen MR) is 189 cm³/mol. The maximum absolute atomic E-state index is 8.70. The molecule has 0 bridgehead atoms. The Morgan fingerprint density at radius 2 is 0.583 bits per heavy atom. The first-order valence-electron chi connectivity index (χ1n) is 13.8. The van der Waals surface area contributed by atoms with E-state index in [9.17, 15) is 0 Å². The average molecular weight is 683 g/mol. The number of hydrogen-bond acceptors (Lipinski definition) is 0. The summed E-state index contributed by atoms with van der Waals surface area (Å²) in [7, 11) is -9.05. The zero-order valence-electron chi connectivity index (χ0n) is 27.5. The largest absolute Gasteiger partial charge is 0.179 e. The first-order chi connectivity index (χ1) is 15.0. The van der Waals surface area contributed by atoms with Gasteiger partial charge in [-0.2, -0.15) is 22.2 Å². The van der Waals surface area contributed by atoms with Gasteiger partial charge in [0.2, 0.25) is 0 Å². The Bertz CT molecular complexity index is 715. The molecule has 0 nitrogen and oxygen atoms in total. The maximum atomic E-state index is 8.70. The molecular weight excluding hydrogens is 623 g/mol. The van der Waals surface area contributed by atoms with Crippen LogP contribution in [0.1, 0.15) is 83.1 Å². The van der Waals surface area contributed by atoms with Crippen LogP contribution < -0.4 is 0 Å². The molecule has 1 saturated heterocycles. The smallest absolute Gasteiger partial charge is 0.168 e. The minimum atomic E-state index is -2.95.